The minimum atomic E-state index is -5.04. The Labute approximate surface area is 129 Å². The van der Waals surface area contributed by atoms with E-state index in [1.807, 2.05) is 0 Å². The minimum Gasteiger partial charge on any atom is -0.474 e. The summed E-state index contributed by atoms with van der Waals surface area (Å²) in [5.41, 5.74) is 0.348. The zero-order chi connectivity index (χ0) is 16.4. The molecule has 0 radical (unpaired) electrons. The van der Waals surface area contributed by atoms with Gasteiger partial charge in [-0.05, 0) is 37.8 Å². The molecule has 1 aromatic heterocycles. The number of benzene rings is 1. The first-order valence-electron chi connectivity index (χ1n) is 7.14. The standard InChI is InChI=1S/C15H13F3N2O3/c16-15(17,18)14(21)23-10-5-6-11-12(7-10)19-8-20-13(11)22-9-3-1-2-4-9/h5-9H,1-4H2. The highest BCUT2D eigenvalue weighted by Crippen LogP contribution is 2.30. The van der Waals surface area contributed by atoms with Gasteiger partial charge < -0.3 is 9.47 Å². The molecule has 8 heteroatoms. The number of ether oxygens (including phenoxy) is 2. The summed E-state index contributed by atoms with van der Waals surface area (Å²) in [4.78, 5) is 18.9. The van der Waals surface area contributed by atoms with E-state index < -0.39 is 12.1 Å². The van der Waals surface area contributed by atoms with Gasteiger partial charge in [-0.2, -0.15) is 13.2 Å². The Kier molecular flexibility index (Phi) is 4.06. The van der Waals surface area contributed by atoms with Gasteiger partial charge in [-0.25, -0.2) is 14.8 Å². The van der Waals surface area contributed by atoms with Crippen molar-refractivity contribution in [3.63, 3.8) is 0 Å². The average Bonchev–Trinajstić information content (AvgIpc) is 2.99. The molecule has 1 fully saturated rings. The van der Waals surface area contributed by atoms with Crippen molar-refractivity contribution in [2.24, 2.45) is 0 Å². The van der Waals surface area contributed by atoms with E-state index in [0.29, 0.717) is 16.8 Å². The van der Waals surface area contributed by atoms with Crippen molar-refractivity contribution >= 4 is 16.9 Å². The number of rotatable bonds is 3. The van der Waals surface area contributed by atoms with Gasteiger partial charge in [-0.1, -0.05) is 0 Å². The van der Waals surface area contributed by atoms with Crippen LogP contribution < -0.4 is 9.47 Å². The van der Waals surface area contributed by atoms with Gasteiger partial charge in [0.2, 0.25) is 5.88 Å². The van der Waals surface area contributed by atoms with Crippen LogP contribution >= 0.6 is 0 Å². The van der Waals surface area contributed by atoms with E-state index in [0.717, 1.165) is 25.7 Å². The Bertz CT molecular complexity index is 727. The quantitative estimate of drug-likeness (QED) is 0.639. The summed E-state index contributed by atoms with van der Waals surface area (Å²) >= 11 is 0. The van der Waals surface area contributed by atoms with Crippen LogP contribution in [0.1, 0.15) is 25.7 Å². The maximum atomic E-state index is 12.2. The summed E-state index contributed by atoms with van der Waals surface area (Å²) < 4.78 is 46.8. The molecule has 1 aromatic carbocycles. The van der Waals surface area contributed by atoms with Gasteiger partial charge in [-0.15, -0.1) is 0 Å². The molecule has 122 valence electrons. The predicted octanol–water partition coefficient (Wildman–Crippen LogP) is 3.42. The van der Waals surface area contributed by atoms with Gasteiger partial charge in [-0.3, -0.25) is 0 Å². The summed E-state index contributed by atoms with van der Waals surface area (Å²) in [6.45, 7) is 0. The first-order valence-corrected chi connectivity index (χ1v) is 7.14. The number of carbonyl (C=O) groups is 1. The molecule has 1 aliphatic rings. The molecule has 3 rings (SSSR count). The fourth-order valence-corrected chi connectivity index (χ4v) is 2.50. The molecule has 5 nitrogen and oxygen atoms in total. The SMILES string of the molecule is O=C(Oc1ccc2c(OC3CCCC3)ncnc2c1)C(F)(F)F. The van der Waals surface area contributed by atoms with Gasteiger partial charge in [0.05, 0.1) is 10.9 Å². The first-order chi connectivity index (χ1) is 10.9. The highest BCUT2D eigenvalue weighted by molar-refractivity contribution is 5.86. The van der Waals surface area contributed by atoms with Gasteiger partial charge >= 0.3 is 12.1 Å². The molecular formula is C15H13F3N2O3. The Morgan fingerprint density at radius 1 is 1.17 bits per heavy atom. The van der Waals surface area contributed by atoms with Crippen molar-refractivity contribution in [1.82, 2.24) is 9.97 Å². The molecule has 0 atom stereocenters. The van der Waals surface area contributed by atoms with Gasteiger partial charge in [0.1, 0.15) is 18.2 Å². The number of hydrogen-bond acceptors (Lipinski definition) is 5. The fraction of sp³-hybridized carbons (Fsp3) is 0.400. The number of halogens is 3. The van der Waals surface area contributed by atoms with Crippen LogP contribution in [-0.4, -0.2) is 28.2 Å². The molecular weight excluding hydrogens is 313 g/mol. The van der Waals surface area contributed by atoms with Crippen molar-refractivity contribution in [3.8, 4) is 11.6 Å². The van der Waals surface area contributed by atoms with Crippen LogP contribution in [0.2, 0.25) is 0 Å². The summed E-state index contributed by atoms with van der Waals surface area (Å²) in [5, 5.41) is 0.561. The van der Waals surface area contributed by atoms with Crippen molar-refractivity contribution in [3.05, 3.63) is 24.5 Å². The number of carbonyl (C=O) groups excluding carboxylic acids is 1. The normalized spacial score (nSPS) is 15.8. The zero-order valence-electron chi connectivity index (χ0n) is 12.0. The van der Waals surface area contributed by atoms with E-state index in [1.165, 1.54) is 24.5 Å². The molecule has 0 amide bonds. The summed E-state index contributed by atoms with van der Waals surface area (Å²) in [7, 11) is 0. The summed E-state index contributed by atoms with van der Waals surface area (Å²) in [6, 6.07) is 4.00. The number of aromatic nitrogens is 2. The van der Waals surface area contributed by atoms with Crippen LogP contribution in [0.4, 0.5) is 13.2 Å². The number of nitrogens with zero attached hydrogens (tertiary/aromatic N) is 2. The second kappa shape index (κ2) is 6.02. The Balaban J connectivity index is 1.84. The van der Waals surface area contributed by atoms with Crippen LogP contribution in [0.25, 0.3) is 10.9 Å². The number of esters is 1. The highest BCUT2D eigenvalue weighted by Gasteiger charge is 2.41. The Hall–Kier alpha value is -2.38. The third kappa shape index (κ3) is 3.52. The number of fused-ring (bicyclic) bond motifs is 1. The lowest BCUT2D eigenvalue weighted by atomic mass is 10.2. The molecule has 0 unspecified atom stereocenters. The summed E-state index contributed by atoms with van der Waals surface area (Å²) in [5.74, 6) is -2.12. The molecule has 0 saturated heterocycles. The second-order valence-corrected chi connectivity index (χ2v) is 5.27. The minimum absolute atomic E-state index is 0.0934. The fourth-order valence-electron chi connectivity index (χ4n) is 2.50. The lowest BCUT2D eigenvalue weighted by Crippen LogP contribution is -2.27. The van der Waals surface area contributed by atoms with E-state index in [-0.39, 0.29) is 11.9 Å². The van der Waals surface area contributed by atoms with Crippen LogP contribution in [0, 0.1) is 0 Å². The molecule has 1 saturated carbocycles. The van der Waals surface area contributed by atoms with Crippen LogP contribution in [0.3, 0.4) is 0 Å². The van der Waals surface area contributed by atoms with E-state index in [4.69, 9.17) is 4.74 Å². The lowest BCUT2D eigenvalue weighted by molar-refractivity contribution is -0.189. The Morgan fingerprint density at radius 2 is 1.91 bits per heavy atom. The number of hydrogen-bond donors (Lipinski definition) is 0. The van der Waals surface area contributed by atoms with E-state index >= 15 is 0 Å². The van der Waals surface area contributed by atoms with Crippen molar-refractivity contribution in [1.29, 1.82) is 0 Å². The molecule has 1 heterocycles. The molecule has 1 aliphatic carbocycles. The maximum absolute atomic E-state index is 12.2. The third-order valence-electron chi connectivity index (χ3n) is 3.59. The predicted molar refractivity (Wildman–Crippen MR) is 74.1 cm³/mol. The first kappa shape index (κ1) is 15.5. The smallest absolute Gasteiger partial charge is 0.474 e. The molecule has 0 aliphatic heterocycles. The molecule has 23 heavy (non-hydrogen) atoms. The maximum Gasteiger partial charge on any atom is 0.491 e. The summed E-state index contributed by atoms with van der Waals surface area (Å²) in [6.07, 6.45) is 0.422. The van der Waals surface area contributed by atoms with E-state index in [9.17, 15) is 18.0 Å². The van der Waals surface area contributed by atoms with Crippen molar-refractivity contribution in [2.75, 3.05) is 0 Å². The molecule has 0 spiro atoms. The number of alkyl halides is 3. The monoisotopic (exact) mass is 326 g/mol. The third-order valence-corrected chi connectivity index (χ3v) is 3.59. The van der Waals surface area contributed by atoms with E-state index in [1.54, 1.807) is 0 Å². The van der Waals surface area contributed by atoms with Crippen LogP contribution in [0.15, 0.2) is 24.5 Å². The van der Waals surface area contributed by atoms with Crippen LogP contribution in [-0.2, 0) is 4.79 Å². The van der Waals surface area contributed by atoms with Crippen LogP contribution in [0.5, 0.6) is 11.6 Å². The van der Waals surface area contributed by atoms with Gasteiger partial charge in [0.15, 0.2) is 0 Å². The van der Waals surface area contributed by atoms with Crippen molar-refractivity contribution in [2.45, 2.75) is 38.0 Å². The van der Waals surface area contributed by atoms with Crippen molar-refractivity contribution < 1.29 is 27.4 Å². The molecule has 0 N–H and O–H groups in total. The zero-order valence-corrected chi connectivity index (χ0v) is 12.0. The molecule has 0 bridgehead atoms. The lowest BCUT2D eigenvalue weighted by Gasteiger charge is -2.13. The van der Waals surface area contributed by atoms with Gasteiger partial charge in [0.25, 0.3) is 0 Å². The average molecular weight is 326 g/mol. The Morgan fingerprint density at radius 3 is 2.61 bits per heavy atom. The topological polar surface area (TPSA) is 61.3 Å². The second-order valence-electron chi connectivity index (χ2n) is 5.27. The highest BCUT2D eigenvalue weighted by atomic mass is 19.4. The van der Waals surface area contributed by atoms with E-state index in [2.05, 4.69) is 14.7 Å². The molecule has 2 aromatic rings. The van der Waals surface area contributed by atoms with Gasteiger partial charge in [0, 0.05) is 6.07 Å². The largest absolute Gasteiger partial charge is 0.491 e.